The van der Waals surface area contributed by atoms with E-state index in [4.69, 9.17) is 4.74 Å². The fourth-order valence-electron chi connectivity index (χ4n) is 1.85. The van der Waals surface area contributed by atoms with Gasteiger partial charge in [-0.25, -0.2) is 0 Å². The average molecular weight is 239 g/mol. The van der Waals surface area contributed by atoms with Crippen LogP contribution in [0.25, 0.3) is 0 Å². The molecule has 1 N–H and O–H groups in total. The quantitative estimate of drug-likeness (QED) is 0.824. The topological polar surface area (TPSA) is 56.1 Å². The lowest BCUT2D eigenvalue weighted by atomic mass is 10.1. The maximum Gasteiger partial charge on any atom is 0.224 e. The van der Waals surface area contributed by atoms with Crippen molar-refractivity contribution in [3.05, 3.63) is 17.0 Å². The summed E-state index contributed by atoms with van der Waals surface area (Å²) in [6, 6.07) is 0.0322. The van der Waals surface area contributed by atoms with Gasteiger partial charge in [0.15, 0.2) is 0 Å². The molecular weight excluding hydrogens is 218 g/mol. The first-order valence-corrected chi connectivity index (χ1v) is 5.73. The molecule has 0 radical (unpaired) electrons. The standard InChI is InChI=1S/C12H21N3O2/c1-8(7-17-5)13-12(16)6-11-9(2)14-15(4)10(11)3/h8H,6-7H2,1-5H3,(H,13,16)/t8-/m0/s1. The maximum absolute atomic E-state index is 11.8. The smallest absolute Gasteiger partial charge is 0.224 e. The van der Waals surface area contributed by atoms with E-state index in [2.05, 4.69) is 10.4 Å². The van der Waals surface area contributed by atoms with Crippen molar-refractivity contribution in [3.8, 4) is 0 Å². The Bertz CT molecular complexity index is 399. The first-order chi connectivity index (χ1) is 7.95. The number of aromatic nitrogens is 2. The number of ether oxygens (including phenoxy) is 1. The van der Waals surface area contributed by atoms with Gasteiger partial charge in [-0.1, -0.05) is 0 Å². The van der Waals surface area contributed by atoms with Gasteiger partial charge >= 0.3 is 0 Å². The normalized spacial score (nSPS) is 12.5. The highest BCUT2D eigenvalue weighted by atomic mass is 16.5. The number of hydrogen-bond acceptors (Lipinski definition) is 3. The van der Waals surface area contributed by atoms with Gasteiger partial charge in [-0.05, 0) is 20.8 Å². The van der Waals surface area contributed by atoms with Gasteiger partial charge < -0.3 is 10.1 Å². The van der Waals surface area contributed by atoms with E-state index in [1.807, 2.05) is 27.8 Å². The molecule has 0 bridgehead atoms. The molecule has 0 aliphatic carbocycles. The second-order valence-electron chi connectivity index (χ2n) is 4.37. The largest absolute Gasteiger partial charge is 0.383 e. The number of carbonyl (C=O) groups excluding carboxylic acids is 1. The Kier molecular flexibility index (Phi) is 4.69. The zero-order valence-corrected chi connectivity index (χ0v) is 11.2. The minimum Gasteiger partial charge on any atom is -0.383 e. The minimum absolute atomic E-state index is 0.00810. The third-order valence-electron chi connectivity index (χ3n) is 2.82. The number of aryl methyl sites for hydroxylation is 2. The predicted molar refractivity (Wildman–Crippen MR) is 65.9 cm³/mol. The van der Waals surface area contributed by atoms with Gasteiger partial charge in [-0.2, -0.15) is 5.10 Å². The van der Waals surface area contributed by atoms with Gasteiger partial charge in [0.05, 0.1) is 18.7 Å². The Morgan fingerprint density at radius 2 is 2.18 bits per heavy atom. The fraction of sp³-hybridized carbons (Fsp3) is 0.667. The van der Waals surface area contributed by atoms with Crippen molar-refractivity contribution in [1.82, 2.24) is 15.1 Å². The van der Waals surface area contributed by atoms with Gasteiger partial charge in [0.2, 0.25) is 5.91 Å². The van der Waals surface area contributed by atoms with Crippen molar-refractivity contribution >= 4 is 5.91 Å². The van der Waals surface area contributed by atoms with Crippen molar-refractivity contribution in [3.63, 3.8) is 0 Å². The Balaban J connectivity index is 2.62. The molecule has 0 unspecified atom stereocenters. The molecule has 1 amide bonds. The van der Waals surface area contributed by atoms with Crippen molar-refractivity contribution in [1.29, 1.82) is 0 Å². The molecule has 1 aromatic heterocycles. The summed E-state index contributed by atoms with van der Waals surface area (Å²) < 4.78 is 6.78. The van der Waals surface area contributed by atoms with E-state index >= 15 is 0 Å². The Labute approximate surface area is 102 Å². The summed E-state index contributed by atoms with van der Waals surface area (Å²) in [5.41, 5.74) is 2.96. The second kappa shape index (κ2) is 5.82. The summed E-state index contributed by atoms with van der Waals surface area (Å²) in [5.74, 6) is 0.00810. The molecule has 1 aromatic rings. The molecule has 0 saturated carbocycles. The lowest BCUT2D eigenvalue weighted by Crippen LogP contribution is -2.36. The highest BCUT2D eigenvalue weighted by Gasteiger charge is 2.14. The van der Waals surface area contributed by atoms with Gasteiger partial charge in [0.25, 0.3) is 0 Å². The Morgan fingerprint density at radius 3 is 2.65 bits per heavy atom. The van der Waals surface area contributed by atoms with E-state index in [9.17, 15) is 4.79 Å². The van der Waals surface area contributed by atoms with E-state index in [1.165, 1.54) is 0 Å². The van der Waals surface area contributed by atoms with Gasteiger partial charge in [0, 0.05) is 31.5 Å². The third-order valence-corrected chi connectivity index (χ3v) is 2.82. The monoisotopic (exact) mass is 239 g/mol. The summed E-state index contributed by atoms with van der Waals surface area (Å²) >= 11 is 0. The van der Waals surface area contributed by atoms with E-state index in [-0.39, 0.29) is 11.9 Å². The van der Waals surface area contributed by atoms with Gasteiger partial charge in [0.1, 0.15) is 0 Å². The number of hydrogen-bond donors (Lipinski definition) is 1. The molecular formula is C12H21N3O2. The number of carbonyl (C=O) groups is 1. The number of amides is 1. The first-order valence-electron chi connectivity index (χ1n) is 5.73. The highest BCUT2D eigenvalue weighted by Crippen LogP contribution is 2.12. The van der Waals surface area contributed by atoms with Crippen LogP contribution < -0.4 is 5.32 Å². The second-order valence-corrected chi connectivity index (χ2v) is 4.37. The van der Waals surface area contributed by atoms with E-state index in [0.717, 1.165) is 17.0 Å². The molecule has 0 fully saturated rings. The molecule has 5 heteroatoms. The summed E-state index contributed by atoms with van der Waals surface area (Å²) in [6.45, 7) is 6.34. The Morgan fingerprint density at radius 1 is 1.53 bits per heavy atom. The van der Waals surface area contributed by atoms with Gasteiger partial charge in [-0.3, -0.25) is 9.48 Å². The molecule has 1 heterocycles. The van der Waals surface area contributed by atoms with Crippen LogP contribution in [-0.2, 0) is 23.0 Å². The summed E-state index contributed by atoms with van der Waals surface area (Å²) in [6.07, 6.45) is 0.375. The number of rotatable bonds is 5. The maximum atomic E-state index is 11.8. The van der Waals surface area contributed by atoms with Crippen LogP contribution in [0.5, 0.6) is 0 Å². The number of nitrogens with one attached hydrogen (secondary N) is 1. The summed E-state index contributed by atoms with van der Waals surface area (Å²) in [7, 11) is 3.51. The lowest BCUT2D eigenvalue weighted by Gasteiger charge is -2.12. The predicted octanol–water partition coefficient (Wildman–Crippen LogP) is 0.731. The summed E-state index contributed by atoms with van der Waals surface area (Å²) in [5, 5.41) is 7.18. The van der Waals surface area contributed by atoms with Crippen molar-refractivity contribution in [2.45, 2.75) is 33.2 Å². The molecule has 5 nitrogen and oxygen atoms in total. The van der Waals surface area contributed by atoms with Crippen LogP contribution >= 0.6 is 0 Å². The van der Waals surface area contributed by atoms with E-state index in [1.54, 1.807) is 11.8 Å². The average Bonchev–Trinajstić information content (AvgIpc) is 2.45. The van der Waals surface area contributed by atoms with Crippen LogP contribution in [0.4, 0.5) is 0 Å². The van der Waals surface area contributed by atoms with Crippen LogP contribution in [0, 0.1) is 13.8 Å². The van der Waals surface area contributed by atoms with Crippen LogP contribution in [0.3, 0.4) is 0 Å². The van der Waals surface area contributed by atoms with Crippen LogP contribution in [0.15, 0.2) is 0 Å². The zero-order chi connectivity index (χ0) is 13.0. The molecule has 17 heavy (non-hydrogen) atoms. The molecule has 0 spiro atoms. The van der Waals surface area contributed by atoms with Gasteiger partial charge in [-0.15, -0.1) is 0 Å². The first kappa shape index (κ1) is 13.7. The Hall–Kier alpha value is -1.36. The molecule has 0 aliphatic rings. The molecule has 1 atom stereocenters. The van der Waals surface area contributed by atoms with Crippen molar-refractivity contribution < 1.29 is 9.53 Å². The third kappa shape index (κ3) is 3.56. The van der Waals surface area contributed by atoms with Crippen LogP contribution in [0.1, 0.15) is 23.9 Å². The fourth-order valence-corrected chi connectivity index (χ4v) is 1.85. The van der Waals surface area contributed by atoms with E-state index < -0.39 is 0 Å². The van der Waals surface area contributed by atoms with Crippen molar-refractivity contribution in [2.75, 3.05) is 13.7 Å². The van der Waals surface area contributed by atoms with E-state index in [0.29, 0.717) is 13.0 Å². The number of methoxy groups -OCH3 is 1. The SMILES string of the molecule is COC[C@H](C)NC(=O)Cc1c(C)nn(C)c1C. The van der Waals surface area contributed by atoms with Crippen LogP contribution in [0.2, 0.25) is 0 Å². The van der Waals surface area contributed by atoms with Crippen molar-refractivity contribution in [2.24, 2.45) is 7.05 Å². The number of nitrogens with zero attached hydrogens (tertiary/aromatic N) is 2. The summed E-state index contributed by atoms with van der Waals surface area (Å²) in [4.78, 5) is 11.8. The minimum atomic E-state index is 0.00810. The molecule has 0 aliphatic heterocycles. The molecule has 0 aromatic carbocycles. The molecule has 0 saturated heterocycles. The van der Waals surface area contributed by atoms with Crippen LogP contribution in [-0.4, -0.2) is 35.4 Å². The lowest BCUT2D eigenvalue weighted by molar-refractivity contribution is -0.121. The zero-order valence-electron chi connectivity index (χ0n) is 11.2. The molecule has 1 rings (SSSR count). The molecule has 96 valence electrons. The highest BCUT2D eigenvalue weighted by molar-refractivity contribution is 5.79.